The van der Waals surface area contributed by atoms with Crippen molar-refractivity contribution in [3.05, 3.63) is 65.4 Å². The molecule has 0 spiro atoms. The SMILES string of the molecule is CC=CCCCOc1cccc(CNC(=O)c2ccc(F)nc2N)c1F. The fraction of sp³-hybridized carbons (Fsp3) is 0.263. The number of amides is 1. The number of ether oxygens (including phenoxy) is 1. The molecule has 2 rings (SSSR count). The fourth-order valence-electron chi connectivity index (χ4n) is 2.27. The molecule has 1 heterocycles. The monoisotopic (exact) mass is 361 g/mol. The van der Waals surface area contributed by atoms with Crippen LogP contribution in [0.4, 0.5) is 14.6 Å². The van der Waals surface area contributed by atoms with Gasteiger partial charge in [0.2, 0.25) is 5.95 Å². The van der Waals surface area contributed by atoms with Gasteiger partial charge in [0.15, 0.2) is 11.6 Å². The lowest BCUT2D eigenvalue weighted by Gasteiger charge is -2.11. The van der Waals surface area contributed by atoms with E-state index >= 15 is 0 Å². The molecule has 0 aliphatic carbocycles. The highest BCUT2D eigenvalue weighted by molar-refractivity contribution is 5.98. The minimum Gasteiger partial charge on any atom is -0.490 e. The average Bonchev–Trinajstić information content (AvgIpc) is 2.61. The average molecular weight is 361 g/mol. The van der Waals surface area contributed by atoms with E-state index in [-0.39, 0.29) is 29.2 Å². The van der Waals surface area contributed by atoms with Gasteiger partial charge in [-0.05, 0) is 38.0 Å². The summed E-state index contributed by atoms with van der Waals surface area (Å²) in [7, 11) is 0. The summed E-state index contributed by atoms with van der Waals surface area (Å²) in [6.07, 6.45) is 5.61. The number of rotatable bonds is 8. The van der Waals surface area contributed by atoms with E-state index < -0.39 is 17.7 Å². The Balaban J connectivity index is 1.96. The lowest BCUT2D eigenvalue weighted by atomic mass is 10.2. The maximum absolute atomic E-state index is 14.5. The normalized spacial score (nSPS) is 10.9. The number of hydrogen-bond donors (Lipinski definition) is 2. The second kappa shape index (κ2) is 9.50. The van der Waals surface area contributed by atoms with Crippen LogP contribution in [0.25, 0.3) is 0 Å². The van der Waals surface area contributed by atoms with Crippen LogP contribution in [-0.2, 0) is 6.54 Å². The van der Waals surface area contributed by atoms with Gasteiger partial charge in [0.05, 0.1) is 12.2 Å². The van der Waals surface area contributed by atoms with Crippen LogP contribution >= 0.6 is 0 Å². The summed E-state index contributed by atoms with van der Waals surface area (Å²) in [6, 6.07) is 7.01. The number of benzene rings is 1. The molecule has 0 saturated heterocycles. The van der Waals surface area contributed by atoms with Crippen molar-refractivity contribution in [2.24, 2.45) is 0 Å². The molecule has 0 bridgehead atoms. The van der Waals surface area contributed by atoms with Gasteiger partial charge in [0.25, 0.3) is 5.91 Å². The zero-order valence-electron chi connectivity index (χ0n) is 14.5. The van der Waals surface area contributed by atoms with Gasteiger partial charge in [0, 0.05) is 12.1 Å². The molecule has 2 aromatic rings. The third-order valence-electron chi connectivity index (χ3n) is 3.63. The largest absolute Gasteiger partial charge is 0.490 e. The summed E-state index contributed by atoms with van der Waals surface area (Å²) in [5.41, 5.74) is 5.83. The number of nitrogens with two attached hydrogens (primary N) is 1. The standard InChI is InChI=1S/C19H21F2N3O2/c1-2-3-4-5-11-26-15-8-6-7-13(17(15)21)12-23-19(25)14-9-10-16(20)24-18(14)22/h2-3,6-10H,4-5,11-12H2,1H3,(H2,22,24)(H,23,25). The molecule has 1 aromatic carbocycles. The Morgan fingerprint density at radius 3 is 2.85 bits per heavy atom. The molecule has 0 aliphatic rings. The number of nitrogen functional groups attached to an aromatic ring is 1. The topological polar surface area (TPSA) is 77.2 Å². The van der Waals surface area contributed by atoms with Gasteiger partial charge in [-0.1, -0.05) is 24.3 Å². The molecule has 3 N–H and O–H groups in total. The molecule has 1 amide bonds. The van der Waals surface area contributed by atoms with Gasteiger partial charge in [-0.15, -0.1) is 0 Å². The van der Waals surface area contributed by atoms with Gasteiger partial charge in [0.1, 0.15) is 5.82 Å². The maximum Gasteiger partial charge on any atom is 0.255 e. The number of aromatic nitrogens is 1. The summed E-state index contributed by atoms with van der Waals surface area (Å²) in [4.78, 5) is 15.5. The van der Waals surface area contributed by atoms with Gasteiger partial charge >= 0.3 is 0 Å². The number of allylic oxidation sites excluding steroid dienone is 2. The van der Waals surface area contributed by atoms with E-state index in [1.807, 2.05) is 19.1 Å². The predicted molar refractivity (Wildman–Crippen MR) is 95.7 cm³/mol. The summed E-state index contributed by atoms with van der Waals surface area (Å²) in [5, 5.41) is 2.54. The molecule has 0 aliphatic heterocycles. The van der Waals surface area contributed by atoms with E-state index in [0.29, 0.717) is 6.61 Å². The van der Waals surface area contributed by atoms with Gasteiger partial charge in [-0.2, -0.15) is 4.39 Å². The molecule has 0 radical (unpaired) electrons. The number of hydrogen-bond acceptors (Lipinski definition) is 4. The van der Waals surface area contributed by atoms with Crippen molar-refractivity contribution in [1.82, 2.24) is 10.3 Å². The summed E-state index contributed by atoms with van der Waals surface area (Å²) >= 11 is 0. The van der Waals surface area contributed by atoms with Crippen molar-refractivity contribution in [3.8, 4) is 5.75 Å². The zero-order valence-corrected chi connectivity index (χ0v) is 14.5. The highest BCUT2D eigenvalue weighted by Crippen LogP contribution is 2.21. The number of carbonyl (C=O) groups is 1. The molecule has 7 heteroatoms. The lowest BCUT2D eigenvalue weighted by molar-refractivity contribution is 0.0951. The fourth-order valence-corrected chi connectivity index (χ4v) is 2.27. The summed E-state index contributed by atoms with van der Waals surface area (Å²) in [6.45, 7) is 2.28. The Labute approximate surface area is 150 Å². The predicted octanol–water partition coefficient (Wildman–Crippen LogP) is 3.61. The molecule has 5 nitrogen and oxygen atoms in total. The third-order valence-corrected chi connectivity index (χ3v) is 3.63. The van der Waals surface area contributed by atoms with Gasteiger partial charge in [-0.3, -0.25) is 4.79 Å². The molecule has 138 valence electrons. The van der Waals surface area contributed by atoms with Crippen molar-refractivity contribution in [3.63, 3.8) is 0 Å². The Morgan fingerprint density at radius 1 is 1.31 bits per heavy atom. The number of nitrogens with one attached hydrogen (secondary N) is 1. The van der Waals surface area contributed by atoms with Crippen LogP contribution in [0, 0.1) is 11.8 Å². The van der Waals surface area contributed by atoms with Crippen LogP contribution in [-0.4, -0.2) is 17.5 Å². The van der Waals surface area contributed by atoms with E-state index in [2.05, 4.69) is 10.3 Å². The number of halogens is 2. The first-order valence-corrected chi connectivity index (χ1v) is 8.24. The van der Waals surface area contributed by atoms with E-state index in [1.54, 1.807) is 12.1 Å². The van der Waals surface area contributed by atoms with Crippen LogP contribution in [0.15, 0.2) is 42.5 Å². The highest BCUT2D eigenvalue weighted by atomic mass is 19.1. The van der Waals surface area contributed by atoms with Gasteiger partial charge < -0.3 is 15.8 Å². The summed E-state index contributed by atoms with van der Waals surface area (Å²) < 4.78 is 32.9. The molecule has 0 fully saturated rings. The molecule has 0 saturated carbocycles. The van der Waals surface area contributed by atoms with Crippen LogP contribution in [0.3, 0.4) is 0 Å². The van der Waals surface area contributed by atoms with E-state index in [0.717, 1.165) is 18.9 Å². The quantitative estimate of drug-likeness (QED) is 0.428. The minimum absolute atomic E-state index is 0.0307. The van der Waals surface area contributed by atoms with Crippen LogP contribution in [0.2, 0.25) is 0 Å². The van der Waals surface area contributed by atoms with Crippen molar-refractivity contribution in [2.45, 2.75) is 26.3 Å². The van der Waals surface area contributed by atoms with Crippen LogP contribution < -0.4 is 15.8 Å². The van der Waals surface area contributed by atoms with E-state index in [9.17, 15) is 13.6 Å². The van der Waals surface area contributed by atoms with E-state index in [4.69, 9.17) is 10.5 Å². The molecule has 0 atom stereocenters. The Kier molecular flexibility index (Phi) is 7.08. The van der Waals surface area contributed by atoms with Crippen molar-refractivity contribution in [1.29, 1.82) is 0 Å². The number of pyridine rings is 1. The molecular weight excluding hydrogens is 340 g/mol. The number of anilines is 1. The number of unbranched alkanes of at least 4 members (excludes halogenated alkanes) is 1. The van der Waals surface area contributed by atoms with Crippen LogP contribution in [0.1, 0.15) is 35.7 Å². The third kappa shape index (κ3) is 5.27. The van der Waals surface area contributed by atoms with Crippen molar-refractivity contribution >= 4 is 11.7 Å². The zero-order chi connectivity index (χ0) is 18.9. The highest BCUT2D eigenvalue weighted by Gasteiger charge is 2.14. The van der Waals surface area contributed by atoms with Crippen molar-refractivity contribution < 1.29 is 18.3 Å². The summed E-state index contributed by atoms with van der Waals surface area (Å²) in [5.74, 6) is -1.94. The first-order valence-electron chi connectivity index (χ1n) is 8.24. The minimum atomic E-state index is -0.774. The molecule has 0 unspecified atom stereocenters. The second-order valence-electron chi connectivity index (χ2n) is 5.54. The number of nitrogens with zero attached hydrogens (tertiary/aromatic N) is 1. The van der Waals surface area contributed by atoms with E-state index in [1.165, 1.54) is 12.1 Å². The Morgan fingerprint density at radius 2 is 2.12 bits per heavy atom. The van der Waals surface area contributed by atoms with Crippen molar-refractivity contribution in [2.75, 3.05) is 12.3 Å². The Hall–Kier alpha value is -2.96. The molecular formula is C19H21F2N3O2. The van der Waals surface area contributed by atoms with Gasteiger partial charge in [-0.25, -0.2) is 9.37 Å². The smallest absolute Gasteiger partial charge is 0.255 e. The second-order valence-corrected chi connectivity index (χ2v) is 5.54. The lowest BCUT2D eigenvalue weighted by Crippen LogP contribution is -2.25. The van der Waals surface area contributed by atoms with Crippen LogP contribution in [0.5, 0.6) is 5.75 Å². The maximum atomic E-state index is 14.5. The molecule has 26 heavy (non-hydrogen) atoms. The molecule has 1 aromatic heterocycles. The Bertz CT molecular complexity index is 794. The first-order chi connectivity index (χ1) is 12.5. The number of carbonyl (C=O) groups excluding carboxylic acids is 1. The first kappa shape index (κ1) is 19.4.